The standard InChI is InChI=1S/C17H14ClN3O3S2/c1-23-10-5-3-9(4-6-10)15(22)20-16(25)21-17-19-12-7-11(18)13(24-2)8-14(12)26-17/h3-8H,1-2H3,(H2,19,20,21,22,25). The number of fused-ring (bicyclic) bond motifs is 1. The number of thiazole rings is 1. The number of rotatable bonds is 4. The molecule has 0 radical (unpaired) electrons. The number of hydrogen-bond acceptors (Lipinski definition) is 6. The summed E-state index contributed by atoms with van der Waals surface area (Å²) in [7, 11) is 3.12. The molecule has 3 rings (SSSR count). The van der Waals surface area contributed by atoms with Gasteiger partial charge in [0, 0.05) is 11.6 Å². The first kappa shape index (κ1) is 18.4. The fraction of sp³-hybridized carbons (Fsp3) is 0.118. The van der Waals surface area contributed by atoms with Crippen LogP contribution in [0.4, 0.5) is 5.13 Å². The van der Waals surface area contributed by atoms with Gasteiger partial charge in [0.25, 0.3) is 5.91 Å². The Morgan fingerprint density at radius 2 is 1.92 bits per heavy atom. The molecule has 9 heteroatoms. The number of hydrogen-bond donors (Lipinski definition) is 2. The molecule has 3 aromatic rings. The van der Waals surface area contributed by atoms with Crippen molar-refractivity contribution in [3.8, 4) is 11.5 Å². The van der Waals surface area contributed by atoms with E-state index in [1.165, 1.54) is 11.3 Å². The van der Waals surface area contributed by atoms with E-state index in [0.717, 1.165) is 4.70 Å². The Morgan fingerprint density at radius 1 is 1.19 bits per heavy atom. The summed E-state index contributed by atoms with van der Waals surface area (Å²) in [6.07, 6.45) is 0. The Labute approximate surface area is 164 Å². The largest absolute Gasteiger partial charge is 0.497 e. The van der Waals surface area contributed by atoms with Crippen molar-refractivity contribution >= 4 is 61.5 Å². The van der Waals surface area contributed by atoms with Gasteiger partial charge in [-0.1, -0.05) is 22.9 Å². The molecule has 0 saturated carbocycles. The lowest BCUT2D eigenvalue weighted by Crippen LogP contribution is -2.34. The van der Waals surface area contributed by atoms with Gasteiger partial charge in [0.15, 0.2) is 10.2 Å². The van der Waals surface area contributed by atoms with Gasteiger partial charge in [-0.3, -0.25) is 10.1 Å². The van der Waals surface area contributed by atoms with Crippen LogP contribution in [-0.2, 0) is 0 Å². The first-order valence-corrected chi connectivity index (χ1v) is 9.01. The SMILES string of the molecule is COc1ccc(C(=O)NC(=S)Nc2nc3cc(Cl)c(OC)cc3s2)cc1. The van der Waals surface area contributed by atoms with Crippen LogP contribution in [0.3, 0.4) is 0 Å². The number of nitrogens with one attached hydrogen (secondary N) is 2. The molecule has 0 aliphatic carbocycles. The Balaban J connectivity index is 1.69. The highest BCUT2D eigenvalue weighted by molar-refractivity contribution is 7.80. The maximum absolute atomic E-state index is 12.2. The average Bonchev–Trinajstić information content (AvgIpc) is 3.01. The Kier molecular flexibility index (Phi) is 5.55. The average molecular weight is 408 g/mol. The first-order valence-electron chi connectivity index (χ1n) is 7.40. The van der Waals surface area contributed by atoms with E-state index >= 15 is 0 Å². The highest BCUT2D eigenvalue weighted by Gasteiger charge is 2.12. The van der Waals surface area contributed by atoms with Crippen LogP contribution in [0.1, 0.15) is 10.4 Å². The number of aromatic nitrogens is 1. The van der Waals surface area contributed by atoms with E-state index < -0.39 is 0 Å². The van der Waals surface area contributed by atoms with E-state index in [0.29, 0.717) is 32.7 Å². The minimum absolute atomic E-state index is 0.155. The second-order valence-electron chi connectivity index (χ2n) is 5.11. The third-order valence-corrected chi connectivity index (χ3v) is 4.89. The van der Waals surface area contributed by atoms with Gasteiger partial charge in [0.2, 0.25) is 0 Å². The molecular formula is C17H14ClN3O3S2. The maximum atomic E-state index is 12.2. The predicted octanol–water partition coefficient (Wildman–Crippen LogP) is 4.09. The van der Waals surface area contributed by atoms with Crippen molar-refractivity contribution in [3.63, 3.8) is 0 Å². The number of amides is 1. The van der Waals surface area contributed by atoms with E-state index in [-0.39, 0.29) is 11.0 Å². The zero-order valence-corrected chi connectivity index (χ0v) is 16.2. The smallest absolute Gasteiger partial charge is 0.257 e. The molecule has 26 heavy (non-hydrogen) atoms. The highest BCUT2D eigenvalue weighted by Crippen LogP contribution is 2.34. The minimum Gasteiger partial charge on any atom is -0.497 e. The number of anilines is 1. The second kappa shape index (κ2) is 7.86. The monoisotopic (exact) mass is 407 g/mol. The van der Waals surface area contributed by atoms with Gasteiger partial charge < -0.3 is 14.8 Å². The summed E-state index contributed by atoms with van der Waals surface area (Å²) in [5, 5.41) is 6.71. The normalized spacial score (nSPS) is 10.4. The van der Waals surface area contributed by atoms with Crippen LogP contribution in [0.25, 0.3) is 10.2 Å². The molecule has 0 aliphatic rings. The molecule has 0 fully saturated rings. The lowest BCUT2D eigenvalue weighted by atomic mass is 10.2. The lowest BCUT2D eigenvalue weighted by Gasteiger charge is -2.07. The predicted molar refractivity (Wildman–Crippen MR) is 108 cm³/mol. The fourth-order valence-electron chi connectivity index (χ4n) is 2.19. The van der Waals surface area contributed by atoms with Crippen molar-refractivity contribution in [1.29, 1.82) is 0 Å². The van der Waals surface area contributed by atoms with Gasteiger partial charge in [-0.15, -0.1) is 0 Å². The quantitative estimate of drug-likeness (QED) is 0.634. The van der Waals surface area contributed by atoms with Gasteiger partial charge in [0.1, 0.15) is 11.5 Å². The molecule has 0 atom stereocenters. The van der Waals surface area contributed by atoms with Crippen molar-refractivity contribution < 1.29 is 14.3 Å². The zero-order chi connectivity index (χ0) is 18.7. The summed E-state index contributed by atoms with van der Waals surface area (Å²) in [5.41, 5.74) is 1.18. The number of halogens is 1. The lowest BCUT2D eigenvalue weighted by molar-refractivity contribution is 0.0977. The first-order chi connectivity index (χ1) is 12.5. The Morgan fingerprint density at radius 3 is 2.58 bits per heavy atom. The van der Waals surface area contributed by atoms with E-state index in [1.54, 1.807) is 50.6 Å². The molecule has 0 unspecified atom stereocenters. The van der Waals surface area contributed by atoms with Crippen LogP contribution >= 0.6 is 35.2 Å². The topological polar surface area (TPSA) is 72.5 Å². The third kappa shape index (κ3) is 4.04. The van der Waals surface area contributed by atoms with Crippen molar-refractivity contribution in [1.82, 2.24) is 10.3 Å². The summed E-state index contributed by atoms with van der Waals surface area (Å²) in [6.45, 7) is 0. The Hall–Kier alpha value is -2.42. The summed E-state index contributed by atoms with van der Waals surface area (Å²) in [6, 6.07) is 10.2. The minimum atomic E-state index is -0.323. The van der Waals surface area contributed by atoms with E-state index in [4.69, 9.17) is 33.3 Å². The van der Waals surface area contributed by atoms with Crippen LogP contribution in [0, 0.1) is 0 Å². The molecule has 0 bridgehead atoms. The molecule has 134 valence electrons. The summed E-state index contributed by atoms with van der Waals surface area (Å²) in [4.78, 5) is 16.6. The maximum Gasteiger partial charge on any atom is 0.257 e. The molecule has 6 nitrogen and oxygen atoms in total. The number of nitrogens with zero attached hydrogens (tertiary/aromatic N) is 1. The summed E-state index contributed by atoms with van der Waals surface area (Å²) < 4.78 is 11.2. The number of benzene rings is 2. The molecule has 2 N–H and O–H groups in total. The molecule has 1 heterocycles. The molecule has 0 aliphatic heterocycles. The zero-order valence-electron chi connectivity index (χ0n) is 13.8. The van der Waals surface area contributed by atoms with Gasteiger partial charge >= 0.3 is 0 Å². The molecule has 0 saturated heterocycles. The summed E-state index contributed by atoms with van der Waals surface area (Å²) in [5.74, 6) is 0.923. The van der Waals surface area contributed by atoms with Crippen LogP contribution in [0.2, 0.25) is 5.02 Å². The molecule has 0 spiro atoms. The number of ether oxygens (including phenoxy) is 2. The molecule has 2 aromatic carbocycles. The van der Waals surface area contributed by atoms with Crippen LogP contribution in [0.5, 0.6) is 11.5 Å². The third-order valence-electron chi connectivity index (χ3n) is 3.46. The fourth-order valence-corrected chi connectivity index (χ4v) is 3.56. The van der Waals surface area contributed by atoms with Crippen LogP contribution in [-0.4, -0.2) is 30.2 Å². The number of carbonyl (C=O) groups is 1. The molecule has 1 amide bonds. The van der Waals surface area contributed by atoms with Crippen molar-refractivity contribution in [2.75, 3.05) is 19.5 Å². The number of thiocarbonyl (C=S) groups is 1. The Bertz CT molecular complexity index is 973. The number of methoxy groups -OCH3 is 2. The van der Waals surface area contributed by atoms with E-state index in [1.807, 2.05) is 0 Å². The summed E-state index contributed by atoms with van der Waals surface area (Å²) >= 11 is 12.7. The van der Waals surface area contributed by atoms with E-state index in [9.17, 15) is 4.79 Å². The van der Waals surface area contributed by atoms with Gasteiger partial charge in [-0.05, 0) is 42.5 Å². The van der Waals surface area contributed by atoms with Crippen LogP contribution in [0.15, 0.2) is 36.4 Å². The van der Waals surface area contributed by atoms with Gasteiger partial charge in [0.05, 0.1) is 29.5 Å². The van der Waals surface area contributed by atoms with Gasteiger partial charge in [-0.25, -0.2) is 4.98 Å². The van der Waals surface area contributed by atoms with E-state index in [2.05, 4.69) is 15.6 Å². The van der Waals surface area contributed by atoms with Crippen molar-refractivity contribution in [2.24, 2.45) is 0 Å². The van der Waals surface area contributed by atoms with Crippen LogP contribution < -0.4 is 20.1 Å². The van der Waals surface area contributed by atoms with Crippen molar-refractivity contribution in [2.45, 2.75) is 0 Å². The second-order valence-corrected chi connectivity index (χ2v) is 6.96. The number of carbonyl (C=O) groups excluding carboxylic acids is 1. The van der Waals surface area contributed by atoms with Gasteiger partial charge in [-0.2, -0.15) is 0 Å². The van der Waals surface area contributed by atoms with Crippen molar-refractivity contribution in [3.05, 3.63) is 47.0 Å². The molecule has 1 aromatic heterocycles. The highest BCUT2D eigenvalue weighted by atomic mass is 35.5. The molecular weight excluding hydrogens is 394 g/mol.